The SMILES string of the molecule is N#CCOc1ccc(NS(=O)(=O)c2ccccc2)cc1. The van der Waals surface area contributed by atoms with Gasteiger partial charge in [-0.05, 0) is 36.4 Å². The van der Waals surface area contributed by atoms with E-state index in [1.807, 2.05) is 6.07 Å². The minimum Gasteiger partial charge on any atom is -0.479 e. The van der Waals surface area contributed by atoms with Crippen LogP contribution in [0.2, 0.25) is 0 Å². The molecule has 0 aliphatic rings. The molecular formula is C14H12N2O3S. The molecule has 1 N–H and O–H groups in total. The number of nitrogens with one attached hydrogen (secondary N) is 1. The first-order chi connectivity index (χ1) is 9.62. The number of ether oxygens (including phenoxy) is 1. The number of rotatable bonds is 5. The fourth-order valence-corrected chi connectivity index (χ4v) is 2.63. The minimum atomic E-state index is -3.59. The zero-order valence-electron chi connectivity index (χ0n) is 10.5. The molecule has 0 unspecified atom stereocenters. The van der Waals surface area contributed by atoms with Crippen LogP contribution in [0.3, 0.4) is 0 Å². The maximum absolute atomic E-state index is 12.1. The lowest BCUT2D eigenvalue weighted by Gasteiger charge is -2.08. The van der Waals surface area contributed by atoms with Gasteiger partial charge in [0.1, 0.15) is 11.8 Å². The van der Waals surface area contributed by atoms with Crippen LogP contribution in [-0.2, 0) is 10.0 Å². The van der Waals surface area contributed by atoms with E-state index in [2.05, 4.69) is 4.72 Å². The second-order valence-corrected chi connectivity index (χ2v) is 5.57. The Morgan fingerprint density at radius 1 is 1.05 bits per heavy atom. The predicted octanol–water partition coefficient (Wildman–Crippen LogP) is 2.39. The largest absolute Gasteiger partial charge is 0.479 e. The summed E-state index contributed by atoms with van der Waals surface area (Å²) in [4.78, 5) is 0.199. The third kappa shape index (κ3) is 3.49. The first-order valence-corrected chi connectivity index (χ1v) is 7.28. The predicted molar refractivity (Wildman–Crippen MR) is 74.8 cm³/mol. The molecule has 5 nitrogen and oxygen atoms in total. The standard InChI is InChI=1S/C14H12N2O3S/c15-10-11-19-13-8-6-12(7-9-13)16-20(17,18)14-4-2-1-3-5-14/h1-9,16H,11H2. The monoisotopic (exact) mass is 288 g/mol. The van der Waals surface area contributed by atoms with Gasteiger partial charge in [-0.2, -0.15) is 5.26 Å². The molecule has 102 valence electrons. The highest BCUT2D eigenvalue weighted by Crippen LogP contribution is 2.19. The summed E-state index contributed by atoms with van der Waals surface area (Å²) in [6.45, 7) is -0.0465. The fraction of sp³-hybridized carbons (Fsp3) is 0.0714. The first kappa shape index (κ1) is 13.9. The zero-order chi connectivity index (χ0) is 14.4. The van der Waals surface area contributed by atoms with Crippen molar-refractivity contribution in [1.29, 1.82) is 5.26 Å². The summed E-state index contributed by atoms with van der Waals surface area (Å²) in [5.41, 5.74) is 0.429. The van der Waals surface area contributed by atoms with Crippen molar-refractivity contribution in [3.63, 3.8) is 0 Å². The number of hydrogen-bond donors (Lipinski definition) is 1. The first-order valence-electron chi connectivity index (χ1n) is 5.79. The summed E-state index contributed by atoms with van der Waals surface area (Å²) in [5, 5.41) is 8.39. The van der Waals surface area contributed by atoms with E-state index in [1.54, 1.807) is 42.5 Å². The van der Waals surface area contributed by atoms with Crippen molar-refractivity contribution in [2.75, 3.05) is 11.3 Å². The van der Waals surface area contributed by atoms with E-state index in [0.29, 0.717) is 11.4 Å². The average molecular weight is 288 g/mol. The molecule has 0 atom stereocenters. The van der Waals surface area contributed by atoms with Gasteiger partial charge in [-0.1, -0.05) is 18.2 Å². The van der Waals surface area contributed by atoms with Crippen LogP contribution in [0.1, 0.15) is 0 Å². The smallest absolute Gasteiger partial charge is 0.261 e. The molecule has 0 aliphatic carbocycles. The molecule has 0 amide bonds. The Balaban J connectivity index is 2.12. The molecule has 0 saturated carbocycles. The summed E-state index contributed by atoms with van der Waals surface area (Å²) in [5.74, 6) is 0.509. The Hall–Kier alpha value is -2.52. The molecule has 0 heterocycles. The van der Waals surface area contributed by atoms with Crippen molar-refractivity contribution in [3.8, 4) is 11.8 Å². The van der Waals surface area contributed by atoms with Crippen LogP contribution in [0.25, 0.3) is 0 Å². The summed E-state index contributed by atoms with van der Waals surface area (Å²) in [6.07, 6.45) is 0. The summed E-state index contributed by atoms with van der Waals surface area (Å²) in [7, 11) is -3.59. The fourth-order valence-electron chi connectivity index (χ4n) is 1.55. The molecule has 0 fully saturated rings. The van der Waals surface area contributed by atoms with E-state index in [9.17, 15) is 8.42 Å². The molecular weight excluding hydrogens is 276 g/mol. The van der Waals surface area contributed by atoms with Gasteiger partial charge >= 0.3 is 0 Å². The van der Waals surface area contributed by atoms with Crippen LogP contribution in [0, 0.1) is 11.3 Å². The number of anilines is 1. The van der Waals surface area contributed by atoms with Crippen LogP contribution < -0.4 is 9.46 Å². The molecule has 0 spiro atoms. The Labute approximate surface area is 117 Å². The Kier molecular flexibility index (Phi) is 4.23. The van der Waals surface area contributed by atoms with Gasteiger partial charge in [-0.15, -0.1) is 0 Å². The summed E-state index contributed by atoms with van der Waals surface area (Å²) in [6, 6.07) is 16.3. The van der Waals surface area contributed by atoms with E-state index >= 15 is 0 Å². The highest BCUT2D eigenvalue weighted by molar-refractivity contribution is 7.92. The number of nitriles is 1. The van der Waals surface area contributed by atoms with Crippen molar-refractivity contribution >= 4 is 15.7 Å². The highest BCUT2D eigenvalue weighted by Gasteiger charge is 2.13. The molecule has 0 bridgehead atoms. The van der Waals surface area contributed by atoms with E-state index in [4.69, 9.17) is 10.00 Å². The van der Waals surface area contributed by atoms with Gasteiger partial charge in [0.2, 0.25) is 0 Å². The van der Waals surface area contributed by atoms with E-state index in [1.165, 1.54) is 12.1 Å². The van der Waals surface area contributed by atoms with Crippen molar-refractivity contribution < 1.29 is 13.2 Å². The van der Waals surface area contributed by atoms with E-state index < -0.39 is 10.0 Å². The summed E-state index contributed by atoms with van der Waals surface area (Å²) >= 11 is 0. The Morgan fingerprint density at radius 3 is 2.30 bits per heavy atom. The second kappa shape index (κ2) is 6.08. The Bertz CT molecular complexity index is 704. The van der Waals surface area contributed by atoms with Gasteiger partial charge in [-0.3, -0.25) is 4.72 Å². The zero-order valence-corrected chi connectivity index (χ0v) is 11.3. The van der Waals surface area contributed by atoms with Crippen LogP contribution in [0.4, 0.5) is 5.69 Å². The van der Waals surface area contributed by atoms with Gasteiger partial charge in [0.05, 0.1) is 4.90 Å². The van der Waals surface area contributed by atoms with Crippen LogP contribution >= 0.6 is 0 Å². The summed E-state index contributed by atoms with van der Waals surface area (Å²) < 4.78 is 31.7. The average Bonchev–Trinajstić information content (AvgIpc) is 2.47. The quantitative estimate of drug-likeness (QED) is 0.916. The highest BCUT2D eigenvalue weighted by atomic mass is 32.2. The molecule has 2 rings (SSSR count). The lowest BCUT2D eigenvalue weighted by Crippen LogP contribution is -2.12. The number of hydrogen-bond acceptors (Lipinski definition) is 4. The topological polar surface area (TPSA) is 79.2 Å². The van der Waals surface area contributed by atoms with Gasteiger partial charge in [0.25, 0.3) is 10.0 Å². The van der Waals surface area contributed by atoms with E-state index in [0.717, 1.165) is 0 Å². The van der Waals surface area contributed by atoms with Gasteiger partial charge in [0.15, 0.2) is 6.61 Å². The third-order valence-electron chi connectivity index (χ3n) is 2.46. The van der Waals surface area contributed by atoms with Crippen LogP contribution in [-0.4, -0.2) is 15.0 Å². The normalized spacial score (nSPS) is 10.6. The van der Waals surface area contributed by atoms with Crippen molar-refractivity contribution in [2.24, 2.45) is 0 Å². The molecule has 0 aromatic heterocycles. The molecule has 2 aromatic rings. The van der Waals surface area contributed by atoms with Gasteiger partial charge in [-0.25, -0.2) is 8.42 Å². The van der Waals surface area contributed by atoms with Crippen molar-refractivity contribution in [3.05, 3.63) is 54.6 Å². The van der Waals surface area contributed by atoms with E-state index in [-0.39, 0.29) is 11.5 Å². The van der Waals surface area contributed by atoms with Crippen molar-refractivity contribution in [2.45, 2.75) is 4.90 Å². The lowest BCUT2D eigenvalue weighted by molar-refractivity contribution is 0.368. The van der Waals surface area contributed by atoms with Crippen molar-refractivity contribution in [1.82, 2.24) is 0 Å². The number of benzene rings is 2. The maximum Gasteiger partial charge on any atom is 0.261 e. The van der Waals surface area contributed by atoms with Gasteiger partial charge in [0, 0.05) is 5.69 Å². The Morgan fingerprint density at radius 2 is 1.70 bits per heavy atom. The molecule has 6 heteroatoms. The maximum atomic E-state index is 12.1. The molecule has 2 aromatic carbocycles. The molecule has 0 saturated heterocycles. The molecule has 0 radical (unpaired) electrons. The molecule has 0 aliphatic heterocycles. The number of sulfonamides is 1. The molecule has 20 heavy (non-hydrogen) atoms. The second-order valence-electron chi connectivity index (χ2n) is 3.89. The minimum absolute atomic E-state index is 0.0465. The van der Waals surface area contributed by atoms with Gasteiger partial charge < -0.3 is 4.74 Å². The van der Waals surface area contributed by atoms with Crippen LogP contribution in [0.15, 0.2) is 59.5 Å². The number of nitrogens with zero attached hydrogens (tertiary/aromatic N) is 1. The van der Waals surface area contributed by atoms with Crippen LogP contribution in [0.5, 0.6) is 5.75 Å². The third-order valence-corrected chi connectivity index (χ3v) is 3.86. The lowest BCUT2D eigenvalue weighted by atomic mass is 10.3.